The Bertz CT molecular complexity index is 253. The van der Waals surface area contributed by atoms with Crippen molar-refractivity contribution in [1.82, 2.24) is 0 Å². The van der Waals surface area contributed by atoms with Crippen LogP contribution in [-0.4, -0.2) is 24.8 Å². The van der Waals surface area contributed by atoms with Crippen LogP contribution in [0.3, 0.4) is 0 Å². The summed E-state index contributed by atoms with van der Waals surface area (Å²) in [4.78, 5) is 0. The third kappa shape index (κ3) is 1.02. The van der Waals surface area contributed by atoms with Crippen molar-refractivity contribution in [2.24, 2.45) is 17.3 Å². The highest BCUT2D eigenvalue weighted by Crippen LogP contribution is 2.62. The van der Waals surface area contributed by atoms with Crippen LogP contribution in [0.15, 0.2) is 0 Å². The van der Waals surface area contributed by atoms with Gasteiger partial charge in [-0.1, -0.05) is 6.92 Å². The lowest BCUT2D eigenvalue weighted by atomic mass is 9.44. The fourth-order valence-corrected chi connectivity index (χ4v) is 3.23. The van der Waals surface area contributed by atoms with Gasteiger partial charge in [-0.3, -0.25) is 0 Å². The maximum Gasteiger partial charge on any atom is 0.211 e. The summed E-state index contributed by atoms with van der Waals surface area (Å²) in [5, 5.41) is 9.77. The average molecular weight is 188 g/mol. The van der Waals surface area contributed by atoms with Crippen molar-refractivity contribution in [3.05, 3.63) is 0 Å². The minimum absolute atomic E-state index is 0.0402. The first-order chi connectivity index (χ1) is 6.98. The number of hydrogen-bond donors (Lipinski definition) is 2. The monoisotopic (exact) mass is 188 g/mol. The normalized spacial score (nSPS) is 52.1. The molecule has 0 aromatic carbocycles. The Morgan fingerprint density at radius 2 is 2.31 bits per heavy atom. The SMILES string of the molecule is [3H]OC1C2CC1(C(C)(C)O[3H])CCC2C. The zero-order valence-electron chi connectivity index (χ0n) is 10.7. The Labute approximate surface area is 82.9 Å². The van der Waals surface area contributed by atoms with Crippen LogP contribution in [0.5, 0.6) is 0 Å². The molecule has 13 heavy (non-hydrogen) atoms. The van der Waals surface area contributed by atoms with Crippen molar-refractivity contribution in [3.8, 4) is 0 Å². The summed E-state index contributed by atoms with van der Waals surface area (Å²) in [6, 6.07) is 0. The summed E-state index contributed by atoms with van der Waals surface area (Å²) in [7, 11) is 0. The smallest absolute Gasteiger partial charge is 0.211 e. The molecule has 2 heteroatoms. The van der Waals surface area contributed by atoms with Crippen LogP contribution in [0.25, 0.3) is 0 Å². The molecule has 3 aliphatic rings. The fraction of sp³-hybridized carbons (Fsp3) is 1.00. The van der Waals surface area contributed by atoms with Gasteiger partial charge in [-0.2, -0.15) is 0 Å². The van der Waals surface area contributed by atoms with Gasteiger partial charge in [-0.15, -0.1) is 0 Å². The number of aliphatic hydroxyl groups is 2. The predicted molar refractivity (Wildman–Crippen MR) is 51.2 cm³/mol. The molecule has 0 aromatic heterocycles. The highest BCUT2D eigenvalue weighted by Gasteiger charge is 2.63. The molecule has 3 aliphatic carbocycles. The van der Waals surface area contributed by atoms with Gasteiger partial charge >= 0.3 is 0 Å². The summed E-state index contributed by atoms with van der Waals surface area (Å²) in [5.41, 5.74) is -0.608. The minimum Gasteiger partial charge on any atom is -0.392 e. The van der Waals surface area contributed by atoms with Crippen LogP contribution in [0.1, 0.15) is 40.0 Å². The summed E-state index contributed by atoms with van der Waals surface area (Å²) < 4.78 is 14.4. The van der Waals surface area contributed by atoms with E-state index in [-0.39, 0.29) is 11.5 Å². The highest BCUT2D eigenvalue weighted by molar-refractivity contribution is 5.13. The Kier molecular flexibility index (Phi) is 1.38. The molecule has 3 fully saturated rings. The summed E-state index contributed by atoms with van der Waals surface area (Å²) >= 11 is 0. The van der Waals surface area contributed by atoms with E-state index in [0.717, 1.165) is 19.3 Å². The molecule has 4 atom stereocenters. The van der Waals surface area contributed by atoms with Crippen LogP contribution < -0.4 is 0 Å². The van der Waals surface area contributed by atoms with Gasteiger partial charge in [0.25, 0.3) is 0 Å². The number of hydrogen-bond acceptors (Lipinski definition) is 2. The van der Waals surface area contributed by atoms with E-state index in [0.29, 0.717) is 11.8 Å². The van der Waals surface area contributed by atoms with Gasteiger partial charge < -0.3 is 10.2 Å². The van der Waals surface area contributed by atoms with Crippen molar-refractivity contribution in [3.63, 3.8) is 0 Å². The fourth-order valence-electron chi connectivity index (χ4n) is 3.23. The molecule has 2 nitrogen and oxygen atoms in total. The van der Waals surface area contributed by atoms with Gasteiger partial charge in [-0.05, 0) is 44.9 Å². The summed E-state index contributed by atoms with van der Waals surface area (Å²) in [5.74, 6) is 1.13. The Balaban J connectivity index is 2.23. The molecule has 0 heterocycles. The van der Waals surface area contributed by atoms with E-state index >= 15 is 0 Å². The lowest BCUT2D eigenvalue weighted by Gasteiger charge is -2.64. The second-order valence-corrected chi connectivity index (χ2v) is 5.47. The third-order valence-corrected chi connectivity index (χ3v) is 4.51. The molecule has 0 aromatic rings. The van der Waals surface area contributed by atoms with Crippen LogP contribution >= 0.6 is 0 Å². The van der Waals surface area contributed by atoms with Crippen molar-refractivity contribution in [2.75, 3.05) is 0 Å². The molecule has 0 saturated heterocycles. The van der Waals surface area contributed by atoms with Gasteiger partial charge in [0, 0.05) is 5.41 Å². The predicted octanol–water partition coefficient (Wildman–Crippen LogP) is 1.55. The number of fused-ring (bicyclic) bond motifs is 2. The van der Waals surface area contributed by atoms with E-state index in [1.807, 2.05) is 13.8 Å². The van der Waals surface area contributed by atoms with Crippen LogP contribution in [0, 0.1) is 17.3 Å². The van der Waals surface area contributed by atoms with Crippen LogP contribution in [0.4, 0.5) is 0 Å². The average Bonchev–Trinajstić information content (AvgIpc) is 2.17. The van der Waals surface area contributed by atoms with Gasteiger partial charge in [-0.25, -0.2) is 0 Å². The number of rotatable bonds is 3. The van der Waals surface area contributed by atoms with E-state index in [2.05, 4.69) is 6.92 Å². The van der Waals surface area contributed by atoms with Gasteiger partial charge in [0.2, 0.25) is 2.86 Å². The first kappa shape index (κ1) is 7.24. The zero-order chi connectivity index (χ0) is 11.3. The van der Waals surface area contributed by atoms with Gasteiger partial charge in [0.1, 0.15) is 0 Å². The molecule has 76 valence electrons. The van der Waals surface area contributed by atoms with Crippen molar-refractivity contribution in [2.45, 2.75) is 51.7 Å². The van der Waals surface area contributed by atoms with Crippen molar-refractivity contribution in [1.29, 1.82) is 2.86 Å². The lowest BCUT2D eigenvalue weighted by molar-refractivity contribution is -0.252. The van der Waals surface area contributed by atoms with Crippen molar-refractivity contribution >= 4 is 0 Å². The highest BCUT2D eigenvalue weighted by atomic mass is 16.3. The molecule has 0 amide bonds. The maximum atomic E-state index is 7.21. The van der Waals surface area contributed by atoms with E-state index < -0.39 is 5.60 Å². The second kappa shape index (κ2) is 2.48. The van der Waals surface area contributed by atoms with E-state index in [1.165, 1.54) is 0 Å². The molecular formula is C11H20O2. The van der Waals surface area contributed by atoms with Crippen LogP contribution in [0.2, 0.25) is 0 Å². The van der Waals surface area contributed by atoms with E-state index in [9.17, 15) is 0 Å². The topological polar surface area (TPSA) is 40.5 Å². The first-order valence-electron chi connectivity index (χ1n) is 6.06. The quantitative estimate of drug-likeness (QED) is 0.705. The maximum absolute atomic E-state index is 7.21. The molecule has 0 radical (unpaired) electrons. The zero-order valence-corrected chi connectivity index (χ0v) is 8.67. The van der Waals surface area contributed by atoms with Gasteiger partial charge in [0.15, 0.2) is 0 Å². The molecule has 3 saturated carbocycles. The van der Waals surface area contributed by atoms with E-state index in [4.69, 9.17) is 13.1 Å². The molecule has 3 rings (SSSR count). The molecular weight excluding hydrogens is 164 g/mol. The molecule has 0 aliphatic heterocycles. The Morgan fingerprint density at radius 1 is 1.54 bits per heavy atom. The number of aliphatic hydroxyl groups excluding tert-OH is 1. The standard InChI is InChI=1S/C11H20O2/c1-7-4-5-11(10(2,3)13)6-8(7)9(11)12/h7-9,12-13H,4-6H2,1-3H3/i12T,13T. The molecule has 2 bridgehead atoms. The minimum atomic E-state index is -0.505. The Morgan fingerprint density at radius 3 is 2.85 bits per heavy atom. The lowest BCUT2D eigenvalue weighted by Crippen LogP contribution is -2.67. The van der Waals surface area contributed by atoms with E-state index in [1.54, 1.807) is 0 Å². The Hall–Kier alpha value is -0.0800. The molecule has 0 spiro atoms. The second-order valence-electron chi connectivity index (χ2n) is 5.47. The van der Waals surface area contributed by atoms with Gasteiger partial charge in [0.05, 0.1) is 11.7 Å². The molecule has 2 N–H and O–H groups in total. The largest absolute Gasteiger partial charge is 0.392 e. The summed E-state index contributed by atoms with van der Waals surface area (Å²) in [6.45, 7) is 6.12. The molecule has 4 unspecified atom stereocenters. The third-order valence-electron chi connectivity index (χ3n) is 4.51. The van der Waals surface area contributed by atoms with Crippen LogP contribution in [-0.2, 0) is 0 Å². The van der Waals surface area contributed by atoms with Crippen molar-refractivity contribution < 1.29 is 10.2 Å². The first-order valence-corrected chi connectivity index (χ1v) is 5.25. The summed E-state index contributed by atoms with van der Waals surface area (Å²) in [6.07, 6.45) is 3.18.